The summed E-state index contributed by atoms with van der Waals surface area (Å²) >= 11 is 0. The van der Waals surface area contributed by atoms with Gasteiger partial charge in [-0.3, -0.25) is 0 Å². The van der Waals surface area contributed by atoms with Crippen LogP contribution in [0.3, 0.4) is 0 Å². The van der Waals surface area contributed by atoms with E-state index in [4.69, 9.17) is 9.47 Å². The molecule has 6 heteroatoms. The van der Waals surface area contributed by atoms with E-state index >= 15 is 0 Å². The van der Waals surface area contributed by atoms with Gasteiger partial charge in [0.1, 0.15) is 0 Å². The molecule has 1 N–H and O–H groups in total. The fourth-order valence-electron chi connectivity index (χ4n) is 1.58. The van der Waals surface area contributed by atoms with Crippen molar-refractivity contribution in [3.05, 3.63) is 18.2 Å². The number of halogens is 2. The topological polar surface area (TPSA) is 39.7 Å². The van der Waals surface area contributed by atoms with E-state index in [0.717, 1.165) is 0 Å². The van der Waals surface area contributed by atoms with E-state index in [1.165, 1.54) is 13.2 Å². The zero-order chi connectivity index (χ0) is 14.3. The zero-order valence-corrected chi connectivity index (χ0v) is 11.3. The summed E-state index contributed by atoms with van der Waals surface area (Å²) in [6, 6.07) is 4.85. The standard InChI is InChI=1S/C13H19F2NO3/c1-4-18-8-9(2)16-10-5-6-11(17-3)12(7-10)19-13(14)15/h5-7,9,13,16H,4,8H2,1-3H3. The summed E-state index contributed by atoms with van der Waals surface area (Å²) in [5, 5.41) is 3.14. The molecule has 0 saturated heterocycles. The number of hydrogen-bond acceptors (Lipinski definition) is 4. The Hall–Kier alpha value is -1.56. The number of nitrogens with one attached hydrogen (secondary N) is 1. The highest BCUT2D eigenvalue weighted by atomic mass is 19.3. The summed E-state index contributed by atoms with van der Waals surface area (Å²) in [5.41, 5.74) is 0.670. The Morgan fingerprint density at radius 2 is 2.00 bits per heavy atom. The quantitative estimate of drug-likeness (QED) is 0.791. The maximum Gasteiger partial charge on any atom is 0.387 e. The largest absolute Gasteiger partial charge is 0.493 e. The van der Waals surface area contributed by atoms with Gasteiger partial charge in [-0.1, -0.05) is 0 Å². The molecule has 0 aliphatic rings. The van der Waals surface area contributed by atoms with Crippen LogP contribution in [-0.2, 0) is 4.74 Å². The first kappa shape index (κ1) is 15.5. The fraction of sp³-hybridized carbons (Fsp3) is 0.538. The number of ether oxygens (including phenoxy) is 3. The van der Waals surface area contributed by atoms with Gasteiger partial charge in [0.05, 0.1) is 13.7 Å². The molecule has 1 aromatic carbocycles. The molecule has 1 rings (SSSR count). The van der Waals surface area contributed by atoms with Crippen molar-refractivity contribution >= 4 is 5.69 Å². The zero-order valence-electron chi connectivity index (χ0n) is 11.3. The van der Waals surface area contributed by atoms with E-state index in [1.54, 1.807) is 12.1 Å². The van der Waals surface area contributed by atoms with Crippen molar-refractivity contribution in [2.45, 2.75) is 26.5 Å². The van der Waals surface area contributed by atoms with Crippen molar-refractivity contribution in [2.75, 3.05) is 25.6 Å². The van der Waals surface area contributed by atoms with Crippen LogP contribution in [0.1, 0.15) is 13.8 Å². The minimum absolute atomic E-state index is 0.00566. The lowest BCUT2D eigenvalue weighted by Crippen LogP contribution is -2.21. The Bertz CT molecular complexity index is 388. The molecule has 19 heavy (non-hydrogen) atoms. The summed E-state index contributed by atoms with van der Waals surface area (Å²) < 4.78 is 39.2. The Labute approximate surface area is 111 Å². The number of anilines is 1. The van der Waals surface area contributed by atoms with Gasteiger partial charge in [0.2, 0.25) is 0 Å². The Morgan fingerprint density at radius 3 is 2.58 bits per heavy atom. The number of rotatable bonds is 8. The lowest BCUT2D eigenvalue weighted by molar-refractivity contribution is -0.0511. The summed E-state index contributed by atoms with van der Waals surface area (Å²) in [6.07, 6.45) is 0. The van der Waals surface area contributed by atoms with Gasteiger partial charge in [-0.15, -0.1) is 0 Å². The van der Waals surface area contributed by atoms with E-state index in [9.17, 15) is 8.78 Å². The molecule has 1 unspecified atom stereocenters. The first-order valence-corrected chi connectivity index (χ1v) is 6.04. The first-order chi connectivity index (χ1) is 9.06. The van der Waals surface area contributed by atoms with Crippen LogP contribution in [0.15, 0.2) is 18.2 Å². The second-order valence-corrected chi connectivity index (χ2v) is 3.95. The lowest BCUT2D eigenvalue weighted by Gasteiger charge is -2.17. The Balaban J connectivity index is 2.74. The molecular weight excluding hydrogens is 256 g/mol. The van der Waals surface area contributed by atoms with Crippen LogP contribution in [0.25, 0.3) is 0 Å². The van der Waals surface area contributed by atoms with Crippen molar-refractivity contribution in [3.8, 4) is 11.5 Å². The predicted molar refractivity (Wildman–Crippen MR) is 69.2 cm³/mol. The van der Waals surface area contributed by atoms with E-state index in [0.29, 0.717) is 18.9 Å². The second kappa shape index (κ2) is 7.78. The van der Waals surface area contributed by atoms with Gasteiger partial charge < -0.3 is 19.5 Å². The van der Waals surface area contributed by atoms with Crippen molar-refractivity contribution in [1.29, 1.82) is 0 Å². The maximum absolute atomic E-state index is 12.3. The first-order valence-electron chi connectivity index (χ1n) is 6.04. The van der Waals surface area contributed by atoms with E-state index in [2.05, 4.69) is 10.1 Å². The summed E-state index contributed by atoms with van der Waals surface area (Å²) in [5.74, 6) is 0.273. The highest BCUT2D eigenvalue weighted by Gasteiger charge is 2.12. The van der Waals surface area contributed by atoms with Crippen LogP contribution < -0.4 is 14.8 Å². The highest BCUT2D eigenvalue weighted by Crippen LogP contribution is 2.31. The minimum Gasteiger partial charge on any atom is -0.493 e. The Kier molecular flexibility index (Phi) is 6.35. The lowest BCUT2D eigenvalue weighted by atomic mass is 10.2. The summed E-state index contributed by atoms with van der Waals surface area (Å²) in [4.78, 5) is 0. The molecule has 0 saturated carbocycles. The van der Waals surface area contributed by atoms with Gasteiger partial charge in [-0.05, 0) is 26.0 Å². The van der Waals surface area contributed by atoms with Crippen LogP contribution in [0, 0.1) is 0 Å². The molecule has 0 radical (unpaired) electrons. The third-order valence-corrected chi connectivity index (χ3v) is 2.36. The van der Waals surface area contributed by atoms with Crippen molar-refractivity contribution < 1.29 is 23.0 Å². The van der Waals surface area contributed by atoms with Gasteiger partial charge in [0.25, 0.3) is 0 Å². The SMILES string of the molecule is CCOCC(C)Nc1ccc(OC)c(OC(F)F)c1. The van der Waals surface area contributed by atoms with Gasteiger partial charge in [0.15, 0.2) is 11.5 Å². The van der Waals surface area contributed by atoms with Crippen LogP contribution in [0.5, 0.6) is 11.5 Å². The predicted octanol–water partition coefficient (Wildman–Crippen LogP) is 3.13. The summed E-state index contributed by atoms with van der Waals surface area (Å²) in [7, 11) is 1.40. The molecule has 1 atom stereocenters. The molecule has 0 aliphatic heterocycles. The number of alkyl halides is 2. The highest BCUT2D eigenvalue weighted by molar-refractivity contribution is 5.55. The fourth-order valence-corrected chi connectivity index (χ4v) is 1.58. The van der Waals surface area contributed by atoms with E-state index in [-0.39, 0.29) is 17.5 Å². The number of benzene rings is 1. The molecular formula is C13H19F2NO3. The average Bonchev–Trinajstić information content (AvgIpc) is 2.36. The molecule has 0 aromatic heterocycles. The Morgan fingerprint density at radius 1 is 1.26 bits per heavy atom. The molecule has 0 heterocycles. The third-order valence-electron chi connectivity index (χ3n) is 2.36. The van der Waals surface area contributed by atoms with E-state index < -0.39 is 6.61 Å². The third kappa shape index (κ3) is 5.30. The maximum atomic E-state index is 12.3. The van der Waals surface area contributed by atoms with Crippen molar-refractivity contribution in [2.24, 2.45) is 0 Å². The van der Waals surface area contributed by atoms with Crippen LogP contribution in [-0.4, -0.2) is 33.0 Å². The molecule has 0 fully saturated rings. The van der Waals surface area contributed by atoms with E-state index in [1.807, 2.05) is 13.8 Å². The van der Waals surface area contributed by atoms with Crippen molar-refractivity contribution in [1.82, 2.24) is 0 Å². The van der Waals surface area contributed by atoms with Gasteiger partial charge in [-0.2, -0.15) is 8.78 Å². The molecule has 1 aromatic rings. The molecule has 108 valence electrons. The molecule has 0 bridgehead atoms. The molecule has 4 nitrogen and oxygen atoms in total. The van der Waals surface area contributed by atoms with Crippen molar-refractivity contribution in [3.63, 3.8) is 0 Å². The van der Waals surface area contributed by atoms with Crippen LogP contribution in [0.2, 0.25) is 0 Å². The van der Waals surface area contributed by atoms with Crippen LogP contribution >= 0.6 is 0 Å². The molecule has 0 amide bonds. The number of methoxy groups -OCH3 is 1. The van der Waals surface area contributed by atoms with Crippen LogP contribution in [0.4, 0.5) is 14.5 Å². The molecule has 0 aliphatic carbocycles. The average molecular weight is 275 g/mol. The smallest absolute Gasteiger partial charge is 0.387 e. The number of hydrogen-bond donors (Lipinski definition) is 1. The van der Waals surface area contributed by atoms with Gasteiger partial charge in [0, 0.05) is 24.4 Å². The molecule has 0 spiro atoms. The normalized spacial score (nSPS) is 12.3. The monoisotopic (exact) mass is 275 g/mol. The van der Waals surface area contributed by atoms with Gasteiger partial charge in [-0.25, -0.2) is 0 Å². The second-order valence-electron chi connectivity index (χ2n) is 3.95. The minimum atomic E-state index is -2.88. The summed E-state index contributed by atoms with van der Waals surface area (Å²) in [6.45, 7) is 2.13. The van der Waals surface area contributed by atoms with Gasteiger partial charge >= 0.3 is 6.61 Å².